The number of amides is 2. The van der Waals surface area contributed by atoms with Crippen molar-refractivity contribution in [3.05, 3.63) is 47.1 Å². The summed E-state index contributed by atoms with van der Waals surface area (Å²) in [5.41, 5.74) is 9.45. The third kappa shape index (κ3) is 6.51. The number of hydrogen-bond donors (Lipinski definition) is 7. The van der Waals surface area contributed by atoms with Gasteiger partial charge in [0.2, 0.25) is 12.0 Å². The number of thioether (sulfide) groups is 2. The van der Waals surface area contributed by atoms with Crippen molar-refractivity contribution in [1.82, 2.24) is 25.2 Å². The minimum absolute atomic E-state index is 0.0571. The molecule has 4 atom stereocenters. The van der Waals surface area contributed by atoms with Crippen LogP contribution in [0.2, 0.25) is 0 Å². The number of nitrogens with zero attached hydrogens (tertiary/aromatic N) is 5. The van der Waals surface area contributed by atoms with Crippen LogP contribution in [-0.4, -0.2) is 99.2 Å². The molecule has 5 rings (SSSR count). The van der Waals surface area contributed by atoms with E-state index in [0.717, 1.165) is 35.2 Å². The molecule has 17 nitrogen and oxygen atoms in total. The highest BCUT2D eigenvalue weighted by molar-refractivity contribution is 8.00. The van der Waals surface area contributed by atoms with Crippen LogP contribution >= 0.6 is 34.9 Å². The van der Waals surface area contributed by atoms with Crippen LogP contribution in [0.3, 0.4) is 0 Å². The number of carboxylic acid groups (broad SMARTS) is 2. The first kappa shape index (κ1) is 31.6. The average Bonchev–Trinajstić information content (AvgIpc) is 3.43. The van der Waals surface area contributed by atoms with Crippen molar-refractivity contribution in [1.29, 1.82) is 0 Å². The zero-order valence-electron chi connectivity index (χ0n) is 22.8. The Bertz CT molecular complexity index is 1710. The number of carbonyl (C=O) groups excluding carboxylic acids is 2. The van der Waals surface area contributed by atoms with Gasteiger partial charge >= 0.3 is 11.9 Å². The number of fused-ring (bicyclic) bond motifs is 1. The number of carbonyl (C=O) groups is 4. The van der Waals surface area contributed by atoms with Gasteiger partial charge in [0.25, 0.3) is 5.91 Å². The van der Waals surface area contributed by atoms with E-state index in [0.29, 0.717) is 5.16 Å². The molecule has 2 aromatic heterocycles. The molecule has 0 spiro atoms. The molecule has 1 aromatic carbocycles. The molecule has 0 aliphatic carbocycles. The molecule has 0 radical (unpaired) electrons. The largest absolute Gasteiger partial charge is 0.504 e. The second-order valence-electron chi connectivity index (χ2n) is 9.84. The molecule has 9 N–H and O–H groups in total. The summed E-state index contributed by atoms with van der Waals surface area (Å²) in [6.45, 7) is -0.118. The summed E-state index contributed by atoms with van der Waals surface area (Å²) in [7, 11) is 0. The van der Waals surface area contributed by atoms with Crippen molar-refractivity contribution >= 4 is 75.3 Å². The summed E-state index contributed by atoms with van der Waals surface area (Å²) in [5, 5.41) is 46.6. The number of nitrogens with one attached hydrogen (secondary N) is 1. The molecule has 45 heavy (non-hydrogen) atoms. The number of thiazole rings is 1. The maximum absolute atomic E-state index is 13.4. The van der Waals surface area contributed by atoms with E-state index in [1.165, 1.54) is 40.4 Å². The van der Waals surface area contributed by atoms with E-state index in [2.05, 4.69) is 25.4 Å². The number of oxime groups is 1. The van der Waals surface area contributed by atoms with Gasteiger partial charge in [-0.15, -0.1) is 23.1 Å². The number of rotatable bonds is 11. The minimum Gasteiger partial charge on any atom is -0.504 e. The van der Waals surface area contributed by atoms with E-state index < -0.39 is 63.9 Å². The van der Waals surface area contributed by atoms with Gasteiger partial charge in [-0.1, -0.05) is 23.0 Å². The number of nitrogens with two attached hydrogens (primary N) is 2. The second kappa shape index (κ2) is 12.7. The summed E-state index contributed by atoms with van der Waals surface area (Å²) in [6, 6.07) is 3.66. The van der Waals surface area contributed by atoms with Crippen molar-refractivity contribution in [2.75, 3.05) is 29.5 Å². The first-order valence-corrected chi connectivity index (χ1v) is 15.7. The lowest BCUT2D eigenvalue weighted by Crippen LogP contribution is -2.74. The van der Waals surface area contributed by atoms with E-state index in [9.17, 15) is 39.6 Å². The van der Waals surface area contributed by atoms with E-state index in [-0.39, 0.29) is 40.3 Å². The summed E-state index contributed by atoms with van der Waals surface area (Å²) in [6.07, 6.45) is -0.344. The molecule has 2 fully saturated rings. The molecule has 2 saturated heterocycles. The SMILES string of the molecule is Nc1ccnc(SCC2(C(=O)O)CS[C@@H]3C(NC(=O)C(=NOC(C(=O)O)c4ccc(O)c(O)c4)c4csc(N)n4)C(=O)N3C2)n1. The smallest absolute Gasteiger partial charge is 0.352 e. The van der Waals surface area contributed by atoms with Crippen LogP contribution in [0.5, 0.6) is 11.5 Å². The highest BCUT2D eigenvalue weighted by Crippen LogP contribution is 2.44. The lowest BCUT2D eigenvalue weighted by Gasteiger charge is -2.53. The molecular weight excluding hydrogens is 653 g/mol. The Morgan fingerprint density at radius 1 is 1.20 bits per heavy atom. The van der Waals surface area contributed by atoms with Crippen molar-refractivity contribution < 1.29 is 44.4 Å². The predicted molar refractivity (Wildman–Crippen MR) is 161 cm³/mol. The first-order valence-electron chi connectivity index (χ1n) is 12.8. The maximum Gasteiger partial charge on any atom is 0.352 e. The molecule has 2 amide bonds. The Labute approximate surface area is 265 Å². The average molecular weight is 677 g/mol. The van der Waals surface area contributed by atoms with Gasteiger partial charge in [0.1, 0.15) is 28.3 Å². The van der Waals surface area contributed by atoms with Gasteiger partial charge in [0, 0.05) is 35.2 Å². The fourth-order valence-corrected chi connectivity index (χ4v) is 7.65. The second-order valence-corrected chi connectivity index (χ2v) is 12.8. The van der Waals surface area contributed by atoms with E-state index in [4.69, 9.17) is 16.3 Å². The molecule has 0 saturated carbocycles. The highest BCUT2D eigenvalue weighted by Gasteiger charge is 2.57. The third-order valence-electron chi connectivity index (χ3n) is 6.77. The topological polar surface area (TPSA) is 277 Å². The van der Waals surface area contributed by atoms with Crippen LogP contribution in [0.25, 0.3) is 0 Å². The molecule has 2 aliphatic heterocycles. The minimum atomic E-state index is -1.80. The Morgan fingerprint density at radius 3 is 2.62 bits per heavy atom. The molecule has 20 heteroatoms. The number of aliphatic carboxylic acids is 2. The maximum atomic E-state index is 13.4. The number of hydrogen-bond acceptors (Lipinski definition) is 16. The molecule has 3 aromatic rings. The van der Waals surface area contributed by atoms with Crippen molar-refractivity contribution in [3.8, 4) is 11.5 Å². The van der Waals surface area contributed by atoms with Gasteiger partial charge in [-0.3, -0.25) is 14.4 Å². The number of anilines is 2. The number of aromatic nitrogens is 3. The van der Waals surface area contributed by atoms with Crippen molar-refractivity contribution in [2.45, 2.75) is 22.7 Å². The number of carboxylic acids is 2. The summed E-state index contributed by atoms with van der Waals surface area (Å²) in [5.74, 6) is -4.76. The molecule has 0 bridgehead atoms. The number of nitrogen functional groups attached to an aromatic ring is 2. The Kier molecular flexibility index (Phi) is 8.89. The standard InChI is InChI=1S/C25H24N8O9S3/c26-14-3-4-28-24(30-14)45-9-25(22(40)41)7-33-19(37)16(20(33)44-8-25)31-18(36)15(11-6-43-23(27)29-11)32-42-17(21(38)39)10-1-2-12(34)13(35)5-10/h1-6,16-17,20,34-35H,7-9H2,(H2,27,29)(H,31,36)(H,38,39)(H,40,41)(H2,26,28,30)/t16?,17?,20-,25?/m1/s1. The van der Waals surface area contributed by atoms with Gasteiger partial charge in [-0.25, -0.2) is 19.7 Å². The zero-order chi connectivity index (χ0) is 32.5. The number of aromatic hydroxyl groups is 2. The quantitative estimate of drug-likeness (QED) is 0.0359. The predicted octanol–water partition coefficient (Wildman–Crippen LogP) is 0.318. The van der Waals surface area contributed by atoms with Crippen LogP contribution in [-0.2, 0) is 24.0 Å². The van der Waals surface area contributed by atoms with E-state index >= 15 is 0 Å². The zero-order valence-corrected chi connectivity index (χ0v) is 25.2. The van der Waals surface area contributed by atoms with Gasteiger partial charge in [0.05, 0.1) is 0 Å². The Balaban J connectivity index is 1.31. The van der Waals surface area contributed by atoms with Gasteiger partial charge < -0.3 is 46.9 Å². The highest BCUT2D eigenvalue weighted by atomic mass is 32.2. The van der Waals surface area contributed by atoms with Crippen molar-refractivity contribution in [2.24, 2.45) is 10.6 Å². The van der Waals surface area contributed by atoms with Crippen LogP contribution in [0.15, 0.2) is 46.2 Å². The van der Waals surface area contributed by atoms with Crippen LogP contribution in [0, 0.1) is 5.41 Å². The van der Waals surface area contributed by atoms with Gasteiger partial charge in [-0.05, 0) is 18.2 Å². The fourth-order valence-electron chi connectivity index (χ4n) is 4.40. The molecular formula is C25H24N8O9S3. The number of phenols is 2. The van der Waals surface area contributed by atoms with E-state index in [1.54, 1.807) is 0 Å². The monoisotopic (exact) mass is 676 g/mol. The lowest BCUT2D eigenvalue weighted by atomic mass is 9.89. The molecule has 4 heterocycles. The number of benzene rings is 1. The summed E-state index contributed by atoms with van der Waals surface area (Å²) in [4.78, 5) is 69.5. The third-order valence-corrected chi connectivity index (χ3v) is 10.2. The number of phenolic OH excluding ortho intramolecular Hbond substituents is 2. The summed E-state index contributed by atoms with van der Waals surface area (Å²) >= 11 is 3.26. The van der Waals surface area contributed by atoms with E-state index in [1.807, 2.05) is 0 Å². The van der Waals surface area contributed by atoms with Crippen LogP contribution in [0.4, 0.5) is 10.9 Å². The Morgan fingerprint density at radius 2 is 1.98 bits per heavy atom. The molecule has 2 aliphatic rings. The van der Waals surface area contributed by atoms with Crippen molar-refractivity contribution in [3.63, 3.8) is 0 Å². The van der Waals surface area contributed by atoms with Gasteiger partial charge in [-0.2, -0.15) is 0 Å². The van der Waals surface area contributed by atoms with Crippen LogP contribution in [0.1, 0.15) is 17.4 Å². The van der Waals surface area contributed by atoms with Gasteiger partial charge in [0.15, 0.2) is 27.5 Å². The normalized spacial score (nSPS) is 21.7. The summed E-state index contributed by atoms with van der Waals surface area (Å²) < 4.78 is 0. The first-order chi connectivity index (χ1) is 21.4. The number of β-lactam (4-membered cyclic amide) rings is 1. The lowest BCUT2D eigenvalue weighted by molar-refractivity contribution is -0.157. The molecule has 3 unspecified atom stereocenters. The van der Waals surface area contributed by atoms with Crippen LogP contribution < -0.4 is 16.8 Å². The fraction of sp³-hybridized carbons (Fsp3) is 0.280. The Hall–Kier alpha value is -4.82. The molecule has 236 valence electrons.